The van der Waals surface area contributed by atoms with Crippen LogP contribution in [0.25, 0.3) is 0 Å². The number of aryl methyl sites for hydroxylation is 2. The Bertz CT molecular complexity index is 830. The van der Waals surface area contributed by atoms with E-state index in [4.69, 9.17) is 4.74 Å². The third kappa shape index (κ3) is 4.59. The fourth-order valence-electron chi connectivity index (χ4n) is 3.38. The van der Waals surface area contributed by atoms with Crippen molar-refractivity contribution in [3.05, 3.63) is 41.3 Å². The molecule has 1 N–H and O–H groups in total. The predicted octanol–water partition coefficient (Wildman–Crippen LogP) is 3.03. The summed E-state index contributed by atoms with van der Waals surface area (Å²) in [4.78, 5) is 26.1. The molecule has 2 heterocycles. The highest BCUT2D eigenvalue weighted by atomic mass is 16.5. The molecule has 1 fully saturated rings. The minimum absolute atomic E-state index is 0.223. The molecule has 0 aliphatic carbocycles. The van der Waals surface area contributed by atoms with Crippen LogP contribution in [0.5, 0.6) is 0 Å². The van der Waals surface area contributed by atoms with Crippen LogP contribution < -0.4 is 15.1 Å². The van der Waals surface area contributed by atoms with Crippen LogP contribution in [-0.4, -0.2) is 55.3 Å². The molecule has 0 atom stereocenters. The van der Waals surface area contributed by atoms with Crippen LogP contribution in [0.3, 0.4) is 0 Å². The van der Waals surface area contributed by atoms with Crippen molar-refractivity contribution in [2.75, 3.05) is 54.5 Å². The van der Waals surface area contributed by atoms with E-state index in [-0.39, 0.29) is 5.91 Å². The van der Waals surface area contributed by atoms with Gasteiger partial charge in [0.05, 0.1) is 13.2 Å². The molecule has 7 heteroatoms. The molecule has 1 aliphatic heterocycles. The lowest BCUT2D eigenvalue weighted by atomic mass is 10.1. The van der Waals surface area contributed by atoms with E-state index < -0.39 is 0 Å². The zero-order valence-electron chi connectivity index (χ0n) is 17.2. The number of ether oxygens (including phenoxy) is 1. The van der Waals surface area contributed by atoms with Crippen molar-refractivity contribution in [3.8, 4) is 0 Å². The lowest BCUT2D eigenvalue weighted by Crippen LogP contribution is -2.37. The molecule has 0 unspecified atom stereocenters. The van der Waals surface area contributed by atoms with Crippen LogP contribution in [0, 0.1) is 13.8 Å². The van der Waals surface area contributed by atoms with Gasteiger partial charge in [0.15, 0.2) is 0 Å². The summed E-state index contributed by atoms with van der Waals surface area (Å²) in [6.45, 7) is 12.9. The van der Waals surface area contributed by atoms with Crippen LogP contribution in [0.2, 0.25) is 0 Å². The van der Waals surface area contributed by atoms with E-state index in [1.165, 1.54) is 0 Å². The molecular formula is C21H29N5O2. The second kappa shape index (κ2) is 9.01. The molecule has 3 rings (SSSR count). The Morgan fingerprint density at radius 2 is 1.86 bits per heavy atom. The fourth-order valence-corrected chi connectivity index (χ4v) is 3.38. The van der Waals surface area contributed by atoms with Gasteiger partial charge in [-0.15, -0.1) is 0 Å². The van der Waals surface area contributed by atoms with Gasteiger partial charge in [0.2, 0.25) is 0 Å². The lowest BCUT2D eigenvalue weighted by Gasteiger charge is -2.28. The van der Waals surface area contributed by atoms with Gasteiger partial charge < -0.3 is 19.9 Å². The summed E-state index contributed by atoms with van der Waals surface area (Å²) >= 11 is 0. The molecule has 150 valence electrons. The number of nitrogens with zero attached hydrogens (tertiary/aromatic N) is 4. The molecule has 1 saturated heterocycles. The number of carbonyl (C=O) groups is 1. The molecule has 1 aromatic heterocycles. The SMILES string of the molecule is CCN(CC)c1ccc(NC(=O)c2cc(N3CCOCC3)nc(C)n2)c(C)c1. The van der Waals surface area contributed by atoms with E-state index >= 15 is 0 Å². The van der Waals surface area contributed by atoms with Crippen molar-refractivity contribution in [3.63, 3.8) is 0 Å². The summed E-state index contributed by atoms with van der Waals surface area (Å²) in [5.74, 6) is 1.14. The van der Waals surface area contributed by atoms with Crippen molar-refractivity contribution in [1.82, 2.24) is 9.97 Å². The van der Waals surface area contributed by atoms with Crippen LogP contribution in [-0.2, 0) is 4.74 Å². The first-order chi connectivity index (χ1) is 13.5. The number of anilines is 3. The summed E-state index contributed by atoms with van der Waals surface area (Å²) in [5.41, 5.74) is 3.36. The molecule has 0 radical (unpaired) electrons. The van der Waals surface area contributed by atoms with E-state index in [1.54, 1.807) is 6.07 Å². The maximum atomic E-state index is 12.8. The van der Waals surface area contributed by atoms with E-state index in [2.05, 4.69) is 45.0 Å². The minimum Gasteiger partial charge on any atom is -0.378 e. The number of hydrogen-bond acceptors (Lipinski definition) is 6. The Kier molecular flexibility index (Phi) is 6.46. The van der Waals surface area contributed by atoms with Crippen LogP contribution in [0.4, 0.5) is 17.2 Å². The highest BCUT2D eigenvalue weighted by molar-refractivity contribution is 6.03. The predicted molar refractivity (Wildman–Crippen MR) is 112 cm³/mol. The lowest BCUT2D eigenvalue weighted by molar-refractivity contribution is 0.102. The zero-order valence-corrected chi connectivity index (χ0v) is 17.2. The smallest absolute Gasteiger partial charge is 0.274 e. The van der Waals surface area contributed by atoms with Gasteiger partial charge in [0, 0.05) is 43.6 Å². The van der Waals surface area contributed by atoms with Gasteiger partial charge in [-0.25, -0.2) is 9.97 Å². The second-order valence-corrected chi connectivity index (χ2v) is 6.88. The molecule has 0 bridgehead atoms. The average molecular weight is 383 g/mol. The molecule has 0 spiro atoms. The summed E-state index contributed by atoms with van der Waals surface area (Å²) in [6, 6.07) is 7.86. The van der Waals surface area contributed by atoms with Crippen molar-refractivity contribution >= 4 is 23.1 Å². The van der Waals surface area contributed by atoms with Crippen molar-refractivity contribution < 1.29 is 9.53 Å². The molecule has 1 amide bonds. The van der Waals surface area contributed by atoms with Gasteiger partial charge in [0.25, 0.3) is 5.91 Å². The Morgan fingerprint density at radius 3 is 2.50 bits per heavy atom. The molecule has 2 aromatic rings. The number of amides is 1. The monoisotopic (exact) mass is 383 g/mol. The summed E-state index contributed by atoms with van der Waals surface area (Å²) in [5, 5.41) is 3.00. The quantitative estimate of drug-likeness (QED) is 0.827. The van der Waals surface area contributed by atoms with E-state index in [1.807, 2.05) is 26.0 Å². The first-order valence-corrected chi connectivity index (χ1v) is 9.87. The number of morpholine rings is 1. The molecule has 28 heavy (non-hydrogen) atoms. The summed E-state index contributed by atoms with van der Waals surface area (Å²) < 4.78 is 5.40. The van der Waals surface area contributed by atoms with Gasteiger partial charge >= 0.3 is 0 Å². The topological polar surface area (TPSA) is 70.6 Å². The summed E-state index contributed by atoms with van der Waals surface area (Å²) in [6.07, 6.45) is 0. The first-order valence-electron chi connectivity index (χ1n) is 9.87. The zero-order chi connectivity index (χ0) is 20.1. The molecule has 0 saturated carbocycles. The standard InChI is InChI=1S/C21H29N5O2/c1-5-25(6-2)17-7-8-18(15(3)13-17)24-21(27)19-14-20(23-16(4)22-19)26-9-11-28-12-10-26/h7-8,13-14H,5-6,9-12H2,1-4H3,(H,24,27). The van der Waals surface area contributed by atoms with E-state index in [0.717, 1.165) is 48.9 Å². The Hall–Kier alpha value is -2.67. The second-order valence-electron chi connectivity index (χ2n) is 6.88. The van der Waals surface area contributed by atoms with Crippen LogP contribution in [0.15, 0.2) is 24.3 Å². The minimum atomic E-state index is -0.223. The molecule has 1 aromatic carbocycles. The van der Waals surface area contributed by atoms with Crippen molar-refractivity contribution in [2.24, 2.45) is 0 Å². The largest absolute Gasteiger partial charge is 0.378 e. The molecule has 1 aliphatic rings. The van der Waals surface area contributed by atoms with Crippen LogP contribution >= 0.6 is 0 Å². The number of rotatable bonds is 6. The van der Waals surface area contributed by atoms with Gasteiger partial charge in [-0.2, -0.15) is 0 Å². The van der Waals surface area contributed by atoms with Gasteiger partial charge in [0.1, 0.15) is 17.3 Å². The maximum Gasteiger partial charge on any atom is 0.274 e. The Labute approximate surface area is 166 Å². The third-order valence-electron chi connectivity index (χ3n) is 4.98. The van der Waals surface area contributed by atoms with Crippen LogP contribution in [0.1, 0.15) is 35.7 Å². The highest BCUT2D eigenvalue weighted by Gasteiger charge is 2.17. The third-order valence-corrected chi connectivity index (χ3v) is 4.98. The first kappa shape index (κ1) is 20.1. The number of hydrogen-bond donors (Lipinski definition) is 1. The summed E-state index contributed by atoms with van der Waals surface area (Å²) in [7, 11) is 0. The number of nitrogens with one attached hydrogen (secondary N) is 1. The Morgan fingerprint density at radius 1 is 1.14 bits per heavy atom. The van der Waals surface area contributed by atoms with Gasteiger partial charge in [-0.05, 0) is 51.5 Å². The molecular weight excluding hydrogens is 354 g/mol. The molecule has 7 nitrogen and oxygen atoms in total. The van der Waals surface area contributed by atoms with Crippen molar-refractivity contribution in [2.45, 2.75) is 27.7 Å². The normalized spacial score (nSPS) is 14.1. The number of carbonyl (C=O) groups excluding carboxylic acids is 1. The van der Waals surface area contributed by atoms with E-state index in [9.17, 15) is 4.79 Å². The van der Waals surface area contributed by atoms with E-state index in [0.29, 0.717) is 24.7 Å². The average Bonchev–Trinajstić information content (AvgIpc) is 2.71. The Balaban J connectivity index is 1.78. The van der Waals surface area contributed by atoms with Crippen molar-refractivity contribution in [1.29, 1.82) is 0 Å². The number of aromatic nitrogens is 2. The van der Waals surface area contributed by atoms with Gasteiger partial charge in [-0.3, -0.25) is 4.79 Å². The van der Waals surface area contributed by atoms with Gasteiger partial charge in [-0.1, -0.05) is 0 Å². The highest BCUT2D eigenvalue weighted by Crippen LogP contribution is 2.23. The number of benzene rings is 1. The maximum absolute atomic E-state index is 12.8. The fraction of sp³-hybridized carbons (Fsp3) is 0.476.